The molecule has 2 aromatic carbocycles. The summed E-state index contributed by atoms with van der Waals surface area (Å²) in [5.74, 6) is -1.78. The molecule has 1 saturated heterocycles. The van der Waals surface area contributed by atoms with E-state index in [4.69, 9.17) is 27.9 Å². The molecule has 0 bridgehead atoms. The molecule has 3 aromatic rings. The van der Waals surface area contributed by atoms with E-state index in [2.05, 4.69) is 23.7 Å². The van der Waals surface area contributed by atoms with Crippen LogP contribution in [0.1, 0.15) is 36.6 Å². The third kappa shape index (κ3) is 5.15. The van der Waals surface area contributed by atoms with Gasteiger partial charge in [-0.3, -0.25) is 14.6 Å². The number of aliphatic hydroxyl groups is 1. The first-order valence-electron chi connectivity index (χ1n) is 11.9. The summed E-state index contributed by atoms with van der Waals surface area (Å²) >= 11 is 12.5. The third-order valence-electron chi connectivity index (χ3n) is 6.45. The van der Waals surface area contributed by atoms with Gasteiger partial charge in [-0.2, -0.15) is 0 Å². The number of methoxy groups -OCH3 is 1. The highest BCUT2D eigenvalue weighted by Gasteiger charge is 2.46. The van der Waals surface area contributed by atoms with E-state index in [1.165, 1.54) is 24.1 Å². The number of benzene rings is 2. The lowest BCUT2D eigenvalue weighted by Gasteiger charge is -2.27. The normalized spacial score (nSPS) is 16.8. The minimum atomic E-state index is -0.846. The number of amides is 1. The van der Waals surface area contributed by atoms with Crippen LogP contribution in [0.2, 0.25) is 10.0 Å². The SMILES string of the molecule is CCN(CC)c1ccc(C2/C(=C(\O)c3cc(Cl)cc(Cl)c3OC)C(=O)C(=O)N2Cc2ccncc2)cc1. The van der Waals surface area contributed by atoms with Crippen LogP contribution in [0.3, 0.4) is 0 Å². The van der Waals surface area contributed by atoms with Crippen LogP contribution in [-0.2, 0) is 16.1 Å². The lowest BCUT2D eigenvalue weighted by atomic mass is 9.94. The second kappa shape index (κ2) is 11.2. The Bertz CT molecular complexity index is 1340. The fourth-order valence-electron chi connectivity index (χ4n) is 4.62. The number of Topliss-reactive ketones (excluding diaryl/α,β-unsaturated/α-hetero) is 1. The number of ketones is 1. The third-order valence-corrected chi connectivity index (χ3v) is 6.95. The summed E-state index contributed by atoms with van der Waals surface area (Å²) in [4.78, 5) is 34.4. The number of likely N-dealkylation sites (tertiary alicyclic amines) is 1. The van der Waals surface area contributed by atoms with Crippen molar-refractivity contribution in [2.75, 3.05) is 25.1 Å². The zero-order chi connectivity index (χ0) is 26.7. The van der Waals surface area contributed by atoms with Gasteiger partial charge in [0.2, 0.25) is 0 Å². The molecule has 1 fully saturated rings. The zero-order valence-corrected chi connectivity index (χ0v) is 22.3. The van der Waals surface area contributed by atoms with Crippen LogP contribution in [0.15, 0.2) is 66.5 Å². The predicted octanol–water partition coefficient (Wildman–Crippen LogP) is 5.87. The molecule has 1 N–H and O–H groups in total. The van der Waals surface area contributed by atoms with Crippen molar-refractivity contribution in [3.8, 4) is 5.75 Å². The Morgan fingerprint density at radius 3 is 2.30 bits per heavy atom. The number of aliphatic hydroxyl groups excluding tert-OH is 1. The van der Waals surface area contributed by atoms with Crippen molar-refractivity contribution < 1.29 is 19.4 Å². The first-order valence-corrected chi connectivity index (χ1v) is 12.6. The predicted molar refractivity (Wildman–Crippen MR) is 145 cm³/mol. The number of ether oxygens (including phenoxy) is 1. The number of hydrogen-bond acceptors (Lipinski definition) is 6. The second-order valence-corrected chi connectivity index (χ2v) is 9.36. The number of hydrogen-bond donors (Lipinski definition) is 1. The first-order chi connectivity index (χ1) is 17.8. The standard InChI is InChI=1S/C28H27Cl2N3O4/c1-4-32(5-2)20-8-6-18(7-9-20)24-23(25(34)21-14-19(29)15-22(30)27(21)37-3)26(35)28(36)33(24)16-17-10-12-31-13-11-17/h6-15,24,34H,4-5,16H2,1-3H3/b25-23+. The lowest BCUT2D eigenvalue weighted by Crippen LogP contribution is -2.29. The van der Waals surface area contributed by atoms with Gasteiger partial charge in [-0.05, 0) is 61.4 Å². The van der Waals surface area contributed by atoms with Gasteiger partial charge in [-0.15, -0.1) is 0 Å². The van der Waals surface area contributed by atoms with E-state index < -0.39 is 23.5 Å². The molecule has 0 spiro atoms. The Balaban J connectivity index is 1.90. The topological polar surface area (TPSA) is 83.0 Å². The molecule has 37 heavy (non-hydrogen) atoms. The highest BCUT2D eigenvalue weighted by atomic mass is 35.5. The molecule has 1 aliphatic rings. The molecule has 4 rings (SSSR count). The van der Waals surface area contributed by atoms with E-state index in [0.717, 1.165) is 24.3 Å². The van der Waals surface area contributed by atoms with Crippen molar-refractivity contribution in [2.45, 2.75) is 26.4 Å². The summed E-state index contributed by atoms with van der Waals surface area (Å²) in [6.07, 6.45) is 3.25. The van der Waals surface area contributed by atoms with E-state index in [1.807, 2.05) is 24.3 Å². The van der Waals surface area contributed by atoms with Crippen molar-refractivity contribution in [3.05, 3.63) is 93.2 Å². The van der Waals surface area contributed by atoms with Crippen molar-refractivity contribution in [3.63, 3.8) is 0 Å². The summed E-state index contributed by atoms with van der Waals surface area (Å²) in [6, 6.07) is 13.3. The molecular formula is C28H27Cl2N3O4. The largest absolute Gasteiger partial charge is 0.507 e. The molecule has 1 atom stereocenters. The van der Waals surface area contributed by atoms with Crippen LogP contribution in [0, 0.1) is 0 Å². The monoisotopic (exact) mass is 539 g/mol. The van der Waals surface area contributed by atoms with Gasteiger partial charge in [0, 0.05) is 42.7 Å². The number of carbonyl (C=O) groups is 2. The molecule has 192 valence electrons. The van der Waals surface area contributed by atoms with Crippen LogP contribution >= 0.6 is 23.2 Å². The second-order valence-electron chi connectivity index (χ2n) is 8.51. The van der Waals surface area contributed by atoms with Crippen LogP contribution in [0.5, 0.6) is 5.75 Å². The van der Waals surface area contributed by atoms with Crippen molar-refractivity contribution in [1.29, 1.82) is 0 Å². The first kappa shape index (κ1) is 26.5. The van der Waals surface area contributed by atoms with Gasteiger partial charge >= 0.3 is 0 Å². The maximum atomic E-state index is 13.4. The summed E-state index contributed by atoms with van der Waals surface area (Å²) in [5.41, 5.74) is 2.56. The summed E-state index contributed by atoms with van der Waals surface area (Å²) in [5, 5.41) is 11.9. The number of anilines is 1. The molecule has 0 aliphatic carbocycles. The fraction of sp³-hybridized carbons (Fsp3) is 0.250. The molecule has 1 unspecified atom stereocenters. The maximum absolute atomic E-state index is 13.4. The zero-order valence-electron chi connectivity index (χ0n) is 20.7. The van der Waals surface area contributed by atoms with Crippen LogP contribution in [0.25, 0.3) is 5.76 Å². The van der Waals surface area contributed by atoms with E-state index in [-0.39, 0.29) is 33.5 Å². The van der Waals surface area contributed by atoms with Gasteiger partial charge < -0.3 is 19.6 Å². The number of halogens is 2. The van der Waals surface area contributed by atoms with Gasteiger partial charge in [0.25, 0.3) is 11.7 Å². The minimum absolute atomic E-state index is 0.0636. The smallest absolute Gasteiger partial charge is 0.295 e. The molecular weight excluding hydrogens is 513 g/mol. The number of carbonyl (C=O) groups excluding carboxylic acids is 2. The highest BCUT2D eigenvalue weighted by molar-refractivity contribution is 6.46. The number of nitrogens with zero attached hydrogens (tertiary/aromatic N) is 3. The average molecular weight is 540 g/mol. The van der Waals surface area contributed by atoms with Gasteiger partial charge in [-0.1, -0.05) is 35.3 Å². The Morgan fingerprint density at radius 2 is 1.70 bits per heavy atom. The Kier molecular flexibility index (Phi) is 8.05. The number of aromatic nitrogens is 1. The Labute approximate surface area is 225 Å². The lowest BCUT2D eigenvalue weighted by molar-refractivity contribution is -0.140. The fourth-order valence-corrected chi connectivity index (χ4v) is 5.19. The molecule has 1 aliphatic heterocycles. The van der Waals surface area contributed by atoms with E-state index >= 15 is 0 Å². The Hall–Kier alpha value is -3.55. The molecule has 1 aromatic heterocycles. The van der Waals surface area contributed by atoms with E-state index in [1.54, 1.807) is 24.5 Å². The Morgan fingerprint density at radius 1 is 1.05 bits per heavy atom. The minimum Gasteiger partial charge on any atom is -0.507 e. The van der Waals surface area contributed by atoms with Gasteiger partial charge in [0.05, 0.1) is 29.3 Å². The molecule has 0 radical (unpaired) electrons. The molecule has 7 nitrogen and oxygen atoms in total. The molecule has 1 amide bonds. The van der Waals surface area contributed by atoms with Crippen molar-refractivity contribution in [2.24, 2.45) is 0 Å². The maximum Gasteiger partial charge on any atom is 0.295 e. The molecule has 0 saturated carbocycles. The van der Waals surface area contributed by atoms with Crippen LogP contribution in [-0.4, -0.2) is 46.9 Å². The number of rotatable bonds is 8. The van der Waals surface area contributed by atoms with Crippen LogP contribution in [0.4, 0.5) is 5.69 Å². The number of pyridine rings is 1. The van der Waals surface area contributed by atoms with Crippen molar-refractivity contribution in [1.82, 2.24) is 9.88 Å². The van der Waals surface area contributed by atoms with Gasteiger partial charge in [0.1, 0.15) is 11.5 Å². The van der Waals surface area contributed by atoms with Crippen LogP contribution < -0.4 is 9.64 Å². The quantitative estimate of drug-likeness (QED) is 0.219. The van der Waals surface area contributed by atoms with E-state index in [0.29, 0.717) is 5.56 Å². The highest BCUT2D eigenvalue weighted by Crippen LogP contribution is 2.44. The van der Waals surface area contributed by atoms with Gasteiger partial charge in [0.15, 0.2) is 0 Å². The average Bonchev–Trinajstić information content (AvgIpc) is 3.14. The van der Waals surface area contributed by atoms with Gasteiger partial charge in [-0.25, -0.2) is 0 Å². The molecule has 2 heterocycles. The summed E-state index contributed by atoms with van der Waals surface area (Å²) in [6.45, 7) is 5.98. The summed E-state index contributed by atoms with van der Waals surface area (Å²) in [7, 11) is 1.40. The summed E-state index contributed by atoms with van der Waals surface area (Å²) < 4.78 is 5.40. The van der Waals surface area contributed by atoms with E-state index in [9.17, 15) is 14.7 Å². The van der Waals surface area contributed by atoms with Crippen molar-refractivity contribution >= 4 is 46.3 Å². The molecule has 9 heteroatoms.